The van der Waals surface area contributed by atoms with E-state index in [1.54, 1.807) is 16.5 Å². The number of nitrogens with zero attached hydrogens (tertiary/aromatic N) is 3. The molecule has 7 nitrogen and oxygen atoms in total. The van der Waals surface area contributed by atoms with E-state index in [-0.39, 0.29) is 24.9 Å². The second kappa shape index (κ2) is 10.1. The molecule has 0 aliphatic rings. The van der Waals surface area contributed by atoms with E-state index in [1.807, 2.05) is 51.1 Å². The molecule has 2 rings (SSSR count). The molecule has 0 radical (unpaired) electrons. The molecule has 0 saturated heterocycles. The van der Waals surface area contributed by atoms with E-state index in [0.717, 1.165) is 17.8 Å². The molecule has 8 heteroatoms. The fourth-order valence-electron chi connectivity index (χ4n) is 2.91. The third-order valence-corrected chi connectivity index (χ3v) is 4.32. The molecule has 0 bridgehead atoms. The number of carboxylic acid groups (broad SMARTS) is 1. The number of nitrogens with one attached hydrogen (secondary N) is 1. The van der Waals surface area contributed by atoms with Crippen molar-refractivity contribution in [3.8, 4) is 5.69 Å². The van der Waals surface area contributed by atoms with Gasteiger partial charge in [0.15, 0.2) is 0 Å². The number of aryl methyl sites for hydroxylation is 1. The van der Waals surface area contributed by atoms with Crippen LogP contribution in [0.15, 0.2) is 30.3 Å². The predicted octanol–water partition coefficient (Wildman–Crippen LogP) is 3.03. The molecule has 27 heavy (non-hydrogen) atoms. The van der Waals surface area contributed by atoms with Gasteiger partial charge in [-0.25, -0.2) is 4.68 Å². The molecule has 1 aromatic carbocycles. The number of aromatic nitrogens is 2. The lowest BCUT2D eigenvalue weighted by Crippen LogP contribution is -2.45. The minimum absolute atomic E-state index is 0. The molecule has 1 aromatic heterocycles. The predicted molar refractivity (Wildman–Crippen MR) is 108 cm³/mol. The van der Waals surface area contributed by atoms with E-state index in [2.05, 4.69) is 10.4 Å². The first kappa shape index (κ1) is 22.7. The number of anilines is 1. The van der Waals surface area contributed by atoms with E-state index in [9.17, 15) is 9.59 Å². The number of hydrogen-bond donors (Lipinski definition) is 2. The molecule has 0 aliphatic carbocycles. The van der Waals surface area contributed by atoms with Gasteiger partial charge in [0.1, 0.15) is 0 Å². The Morgan fingerprint density at radius 3 is 2.44 bits per heavy atom. The lowest BCUT2D eigenvalue weighted by Gasteiger charge is -2.26. The highest BCUT2D eigenvalue weighted by molar-refractivity contribution is 5.95. The van der Waals surface area contributed by atoms with E-state index >= 15 is 0 Å². The smallest absolute Gasteiger partial charge is 0.317 e. The van der Waals surface area contributed by atoms with Gasteiger partial charge in [-0.15, -0.1) is 12.4 Å². The number of carbonyl (C=O) groups is 2. The normalized spacial score (nSPS) is 11.7. The third-order valence-electron chi connectivity index (χ3n) is 4.32. The first-order chi connectivity index (χ1) is 12.3. The monoisotopic (exact) mass is 394 g/mol. The number of carbonyl (C=O) groups excluding carboxylic acids is 1. The summed E-state index contributed by atoms with van der Waals surface area (Å²) in [6.45, 7) is 7.80. The minimum Gasteiger partial charge on any atom is -0.480 e. The standard InChI is InChI=1S/C19H26N4O3.ClH/c1-5-11-22(12-17(24)25)15(4)19(26)20-18-13(2)21-23(14(18)3)16-9-7-6-8-10-16;/h6-10,15H,5,11-12H2,1-4H3,(H,20,26)(H,24,25);1H. The van der Waals surface area contributed by atoms with E-state index in [4.69, 9.17) is 5.11 Å². The zero-order valence-corrected chi connectivity index (χ0v) is 16.9. The van der Waals surface area contributed by atoms with Crippen molar-refractivity contribution in [1.29, 1.82) is 0 Å². The van der Waals surface area contributed by atoms with E-state index in [1.165, 1.54) is 0 Å². The summed E-state index contributed by atoms with van der Waals surface area (Å²) < 4.78 is 1.79. The second-order valence-electron chi connectivity index (χ2n) is 6.32. The highest BCUT2D eigenvalue weighted by atomic mass is 35.5. The maximum absolute atomic E-state index is 12.7. The molecule has 2 N–H and O–H groups in total. The zero-order chi connectivity index (χ0) is 19.3. The van der Waals surface area contributed by atoms with E-state index in [0.29, 0.717) is 17.9 Å². The van der Waals surface area contributed by atoms with Crippen molar-refractivity contribution in [2.45, 2.75) is 40.2 Å². The molecular formula is C19H27ClN4O3. The largest absolute Gasteiger partial charge is 0.480 e. The summed E-state index contributed by atoms with van der Waals surface area (Å²) in [5.41, 5.74) is 3.12. The summed E-state index contributed by atoms with van der Waals surface area (Å²) in [7, 11) is 0. The Hall–Kier alpha value is -2.38. The number of amides is 1. The average Bonchev–Trinajstić information content (AvgIpc) is 2.89. The van der Waals surface area contributed by atoms with Crippen LogP contribution in [0.1, 0.15) is 31.7 Å². The molecule has 0 aliphatic heterocycles. The molecule has 0 fully saturated rings. The summed E-state index contributed by atoms with van der Waals surface area (Å²) in [5, 5.41) is 16.5. The third kappa shape index (κ3) is 5.55. The van der Waals surface area contributed by atoms with Crippen LogP contribution in [-0.2, 0) is 9.59 Å². The zero-order valence-electron chi connectivity index (χ0n) is 16.1. The van der Waals surface area contributed by atoms with Gasteiger partial charge in [-0.1, -0.05) is 25.1 Å². The minimum atomic E-state index is -0.942. The number of carboxylic acids is 1. The molecule has 1 heterocycles. The molecular weight excluding hydrogens is 368 g/mol. The second-order valence-corrected chi connectivity index (χ2v) is 6.32. The van der Waals surface area contributed by atoms with Crippen LogP contribution in [0.3, 0.4) is 0 Å². The maximum atomic E-state index is 12.7. The molecule has 2 aromatic rings. The topological polar surface area (TPSA) is 87.5 Å². The number of para-hydroxylation sites is 1. The van der Waals surface area contributed by atoms with Crippen molar-refractivity contribution in [3.63, 3.8) is 0 Å². The number of rotatable bonds is 8. The van der Waals surface area contributed by atoms with Gasteiger partial charge >= 0.3 is 5.97 Å². The van der Waals surface area contributed by atoms with Gasteiger partial charge in [0, 0.05) is 0 Å². The fourth-order valence-corrected chi connectivity index (χ4v) is 2.91. The first-order valence-corrected chi connectivity index (χ1v) is 8.73. The average molecular weight is 395 g/mol. The Balaban J connectivity index is 0.00000364. The molecule has 1 atom stereocenters. The van der Waals surface area contributed by atoms with Gasteiger partial charge in [0.25, 0.3) is 0 Å². The first-order valence-electron chi connectivity index (χ1n) is 8.73. The van der Waals surface area contributed by atoms with Crippen LogP contribution in [0.2, 0.25) is 0 Å². The SMILES string of the molecule is CCCN(CC(=O)O)C(C)C(=O)Nc1c(C)nn(-c2ccccc2)c1C.Cl. The lowest BCUT2D eigenvalue weighted by atomic mass is 10.2. The van der Waals surface area contributed by atoms with Gasteiger partial charge in [-0.3, -0.25) is 14.5 Å². The summed E-state index contributed by atoms with van der Waals surface area (Å²) in [6, 6.07) is 9.14. The van der Waals surface area contributed by atoms with Gasteiger partial charge < -0.3 is 10.4 Å². The van der Waals surface area contributed by atoms with Crippen molar-refractivity contribution in [2.75, 3.05) is 18.4 Å². The molecule has 148 valence electrons. The van der Waals surface area contributed by atoms with Crippen LogP contribution >= 0.6 is 12.4 Å². The Bertz CT molecular complexity index is 777. The highest BCUT2D eigenvalue weighted by Crippen LogP contribution is 2.23. The summed E-state index contributed by atoms with van der Waals surface area (Å²) in [4.78, 5) is 25.4. The van der Waals surface area contributed by atoms with Crippen molar-refractivity contribution in [3.05, 3.63) is 41.7 Å². The summed E-state index contributed by atoms with van der Waals surface area (Å²) >= 11 is 0. The Labute approximate surface area is 165 Å². The summed E-state index contributed by atoms with van der Waals surface area (Å²) in [6.07, 6.45) is 0.773. The molecule has 0 saturated carbocycles. The maximum Gasteiger partial charge on any atom is 0.317 e. The van der Waals surface area contributed by atoms with Crippen LogP contribution in [-0.4, -0.2) is 50.8 Å². The van der Waals surface area contributed by atoms with Crippen molar-refractivity contribution in [2.24, 2.45) is 0 Å². The van der Waals surface area contributed by atoms with Crippen LogP contribution < -0.4 is 5.32 Å². The molecule has 0 spiro atoms. The van der Waals surface area contributed by atoms with Crippen LogP contribution in [0, 0.1) is 13.8 Å². The fraction of sp³-hybridized carbons (Fsp3) is 0.421. The van der Waals surface area contributed by atoms with Gasteiger partial charge in [-0.2, -0.15) is 5.10 Å². The van der Waals surface area contributed by atoms with Crippen LogP contribution in [0.5, 0.6) is 0 Å². The van der Waals surface area contributed by atoms with Crippen LogP contribution in [0.25, 0.3) is 5.69 Å². The molecule has 1 unspecified atom stereocenters. The quantitative estimate of drug-likeness (QED) is 0.718. The van der Waals surface area contributed by atoms with Crippen molar-refractivity contribution in [1.82, 2.24) is 14.7 Å². The summed E-state index contributed by atoms with van der Waals surface area (Å²) in [5.74, 6) is -1.18. The van der Waals surface area contributed by atoms with Crippen molar-refractivity contribution < 1.29 is 14.7 Å². The van der Waals surface area contributed by atoms with Gasteiger partial charge in [-0.05, 0) is 45.9 Å². The highest BCUT2D eigenvalue weighted by Gasteiger charge is 2.24. The number of benzene rings is 1. The van der Waals surface area contributed by atoms with Crippen LogP contribution in [0.4, 0.5) is 5.69 Å². The number of halogens is 1. The Morgan fingerprint density at radius 1 is 1.26 bits per heavy atom. The number of aliphatic carboxylic acids is 1. The number of hydrogen-bond acceptors (Lipinski definition) is 4. The van der Waals surface area contributed by atoms with E-state index < -0.39 is 12.0 Å². The Morgan fingerprint density at radius 2 is 1.89 bits per heavy atom. The lowest BCUT2D eigenvalue weighted by molar-refractivity contribution is -0.139. The molecule has 1 amide bonds. The van der Waals surface area contributed by atoms with Gasteiger partial charge in [0.2, 0.25) is 5.91 Å². The van der Waals surface area contributed by atoms with Crippen molar-refractivity contribution >= 4 is 30.0 Å². The Kier molecular flexibility index (Phi) is 8.46. The van der Waals surface area contributed by atoms with Gasteiger partial charge in [0.05, 0.1) is 35.3 Å².